The Morgan fingerprint density at radius 2 is 1.84 bits per heavy atom. The summed E-state index contributed by atoms with van der Waals surface area (Å²) in [5, 5.41) is 10.7. The van der Waals surface area contributed by atoms with E-state index in [1.165, 1.54) is 18.4 Å². The first kappa shape index (κ1) is 12.6. The van der Waals surface area contributed by atoms with E-state index in [-0.39, 0.29) is 0 Å². The van der Waals surface area contributed by atoms with Crippen LogP contribution in [0.5, 0.6) is 0 Å². The van der Waals surface area contributed by atoms with Crippen molar-refractivity contribution in [1.82, 2.24) is 10.2 Å². The Hall–Kier alpha value is -1.46. The van der Waals surface area contributed by atoms with Crippen LogP contribution in [0, 0.1) is 0 Å². The van der Waals surface area contributed by atoms with Gasteiger partial charge in [0.15, 0.2) is 0 Å². The number of nitrogens with two attached hydrogens (primary N) is 1. The Morgan fingerprint density at radius 1 is 1.11 bits per heavy atom. The highest BCUT2D eigenvalue weighted by Gasteiger charge is 2.17. The molecule has 0 amide bonds. The van der Waals surface area contributed by atoms with E-state index < -0.39 is 0 Å². The van der Waals surface area contributed by atoms with Gasteiger partial charge in [0.2, 0.25) is 5.13 Å². The zero-order chi connectivity index (χ0) is 13.1. The van der Waals surface area contributed by atoms with Crippen molar-refractivity contribution < 1.29 is 0 Å². The van der Waals surface area contributed by atoms with Crippen LogP contribution >= 0.6 is 11.3 Å². The molecule has 100 valence electrons. The van der Waals surface area contributed by atoms with Gasteiger partial charge in [-0.3, -0.25) is 0 Å². The first-order valence-electron chi connectivity index (χ1n) is 6.74. The first-order chi connectivity index (χ1) is 9.36. The minimum Gasteiger partial charge on any atom is -0.347 e. The van der Waals surface area contributed by atoms with Crippen LogP contribution in [0.1, 0.15) is 18.4 Å². The molecule has 3 rings (SSSR count). The maximum atomic E-state index is 5.56. The lowest BCUT2D eigenvalue weighted by Crippen LogP contribution is -2.17. The molecular weight excluding hydrogens is 256 g/mol. The summed E-state index contributed by atoms with van der Waals surface area (Å²) in [6.45, 7) is 2.92. The highest BCUT2D eigenvalue weighted by Crippen LogP contribution is 2.30. The molecule has 0 spiro atoms. The topological polar surface area (TPSA) is 55.0 Å². The van der Waals surface area contributed by atoms with Crippen molar-refractivity contribution in [2.24, 2.45) is 5.73 Å². The lowest BCUT2D eigenvalue weighted by atomic mass is 10.1. The van der Waals surface area contributed by atoms with Crippen LogP contribution in [0.15, 0.2) is 24.3 Å². The Morgan fingerprint density at radius 3 is 2.53 bits per heavy atom. The maximum absolute atomic E-state index is 5.56. The van der Waals surface area contributed by atoms with Crippen molar-refractivity contribution in [2.75, 3.05) is 24.5 Å². The molecule has 19 heavy (non-hydrogen) atoms. The molecule has 2 heterocycles. The Labute approximate surface area is 117 Å². The molecule has 0 saturated carbocycles. The smallest absolute Gasteiger partial charge is 0.208 e. The van der Waals surface area contributed by atoms with Crippen molar-refractivity contribution in [3.63, 3.8) is 0 Å². The van der Waals surface area contributed by atoms with Gasteiger partial charge < -0.3 is 10.6 Å². The van der Waals surface area contributed by atoms with Gasteiger partial charge >= 0.3 is 0 Å². The van der Waals surface area contributed by atoms with Crippen LogP contribution < -0.4 is 10.6 Å². The monoisotopic (exact) mass is 274 g/mol. The summed E-state index contributed by atoms with van der Waals surface area (Å²) in [5.74, 6) is 0. The van der Waals surface area contributed by atoms with E-state index in [9.17, 15) is 0 Å². The Bertz CT molecular complexity index is 529. The lowest BCUT2D eigenvalue weighted by Gasteiger charge is -2.10. The average molecular weight is 274 g/mol. The summed E-state index contributed by atoms with van der Waals surface area (Å²) >= 11 is 1.68. The highest BCUT2D eigenvalue weighted by molar-refractivity contribution is 7.18. The van der Waals surface area contributed by atoms with Crippen LogP contribution in [0.2, 0.25) is 0 Å². The van der Waals surface area contributed by atoms with Gasteiger partial charge in [-0.1, -0.05) is 35.6 Å². The fourth-order valence-electron chi connectivity index (χ4n) is 2.35. The van der Waals surface area contributed by atoms with Gasteiger partial charge in [-0.2, -0.15) is 0 Å². The predicted molar refractivity (Wildman–Crippen MR) is 79.6 cm³/mol. The highest BCUT2D eigenvalue weighted by atomic mass is 32.1. The minimum absolute atomic E-state index is 0.692. The van der Waals surface area contributed by atoms with Crippen LogP contribution in [0.25, 0.3) is 10.6 Å². The number of anilines is 1. The SMILES string of the molecule is NCCc1ccc(-c2nnc(N3CCCC3)s2)cc1. The van der Waals surface area contributed by atoms with Gasteiger partial charge in [-0.05, 0) is 31.4 Å². The third kappa shape index (κ3) is 2.77. The Balaban J connectivity index is 1.77. The molecule has 0 radical (unpaired) electrons. The van der Waals surface area contributed by atoms with Gasteiger partial charge in [-0.25, -0.2) is 0 Å². The molecule has 2 aromatic rings. The van der Waals surface area contributed by atoms with Gasteiger partial charge in [0.1, 0.15) is 5.01 Å². The van der Waals surface area contributed by atoms with Crippen molar-refractivity contribution in [2.45, 2.75) is 19.3 Å². The van der Waals surface area contributed by atoms with E-state index in [1.54, 1.807) is 11.3 Å². The molecule has 4 nitrogen and oxygen atoms in total. The predicted octanol–water partition coefficient (Wildman–Crippen LogP) is 2.31. The minimum atomic E-state index is 0.692. The number of hydrogen-bond donors (Lipinski definition) is 1. The second-order valence-corrected chi connectivity index (χ2v) is 5.78. The number of nitrogens with zero attached hydrogens (tertiary/aromatic N) is 3. The number of aromatic nitrogens is 2. The van der Waals surface area contributed by atoms with Crippen LogP contribution in [0.4, 0.5) is 5.13 Å². The van der Waals surface area contributed by atoms with E-state index in [0.29, 0.717) is 6.54 Å². The third-order valence-electron chi connectivity index (χ3n) is 3.42. The quantitative estimate of drug-likeness (QED) is 0.929. The van der Waals surface area contributed by atoms with E-state index >= 15 is 0 Å². The van der Waals surface area contributed by atoms with Crippen molar-refractivity contribution in [3.8, 4) is 10.6 Å². The van der Waals surface area contributed by atoms with E-state index in [4.69, 9.17) is 5.73 Å². The fraction of sp³-hybridized carbons (Fsp3) is 0.429. The van der Waals surface area contributed by atoms with Crippen LogP contribution in [-0.2, 0) is 6.42 Å². The molecule has 1 saturated heterocycles. The second kappa shape index (κ2) is 5.67. The van der Waals surface area contributed by atoms with Gasteiger partial charge in [0.05, 0.1) is 0 Å². The van der Waals surface area contributed by atoms with Gasteiger partial charge in [0.25, 0.3) is 0 Å². The largest absolute Gasteiger partial charge is 0.347 e. The van der Waals surface area contributed by atoms with Crippen molar-refractivity contribution >= 4 is 16.5 Å². The van der Waals surface area contributed by atoms with Gasteiger partial charge in [0, 0.05) is 18.7 Å². The molecule has 1 aromatic heterocycles. The molecule has 2 N–H and O–H groups in total. The number of hydrogen-bond acceptors (Lipinski definition) is 5. The number of rotatable bonds is 4. The standard InChI is InChI=1S/C14H18N4S/c15-8-7-11-3-5-12(6-4-11)13-16-17-14(19-13)18-9-1-2-10-18/h3-6H,1-2,7-10,15H2. The molecule has 1 aliphatic rings. The summed E-state index contributed by atoms with van der Waals surface area (Å²) in [4.78, 5) is 2.32. The lowest BCUT2D eigenvalue weighted by molar-refractivity contribution is 0.929. The van der Waals surface area contributed by atoms with Crippen molar-refractivity contribution in [1.29, 1.82) is 0 Å². The third-order valence-corrected chi connectivity index (χ3v) is 4.46. The Kier molecular flexibility index (Phi) is 3.75. The summed E-state index contributed by atoms with van der Waals surface area (Å²) in [7, 11) is 0. The summed E-state index contributed by atoms with van der Waals surface area (Å²) < 4.78 is 0. The molecule has 0 aliphatic carbocycles. The summed E-state index contributed by atoms with van der Waals surface area (Å²) in [6, 6.07) is 8.47. The molecule has 0 atom stereocenters. The molecule has 0 unspecified atom stereocenters. The summed E-state index contributed by atoms with van der Waals surface area (Å²) in [5.41, 5.74) is 7.97. The first-order valence-corrected chi connectivity index (χ1v) is 7.56. The molecule has 5 heteroatoms. The summed E-state index contributed by atoms with van der Waals surface area (Å²) in [6.07, 6.45) is 3.46. The van der Waals surface area contributed by atoms with E-state index in [0.717, 1.165) is 35.2 Å². The maximum Gasteiger partial charge on any atom is 0.208 e. The zero-order valence-electron chi connectivity index (χ0n) is 10.9. The average Bonchev–Trinajstić information content (AvgIpc) is 3.11. The van der Waals surface area contributed by atoms with Crippen LogP contribution in [0.3, 0.4) is 0 Å². The molecule has 0 bridgehead atoms. The molecule has 1 fully saturated rings. The van der Waals surface area contributed by atoms with E-state index in [1.807, 2.05) is 0 Å². The normalized spacial score (nSPS) is 15.1. The van der Waals surface area contributed by atoms with E-state index in [2.05, 4.69) is 39.4 Å². The van der Waals surface area contributed by atoms with Crippen molar-refractivity contribution in [3.05, 3.63) is 29.8 Å². The zero-order valence-corrected chi connectivity index (χ0v) is 11.7. The second-order valence-electron chi connectivity index (χ2n) is 4.82. The fourth-order valence-corrected chi connectivity index (χ4v) is 3.25. The number of benzene rings is 1. The van der Waals surface area contributed by atoms with Gasteiger partial charge in [-0.15, -0.1) is 10.2 Å². The molecular formula is C14H18N4S. The molecule has 1 aromatic carbocycles. The molecule has 1 aliphatic heterocycles. The van der Waals surface area contributed by atoms with Crippen LogP contribution in [-0.4, -0.2) is 29.8 Å².